The molecule has 0 heterocycles. The minimum absolute atomic E-state index is 0.167. The van der Waals surface area contributed by atoms with Crippen LogP contribution in [0.5, 0.6) is 0 Å². The number of allylic oxidation sites excluding steroid dienone is 2. The van der Waals surface area contributed by atoms with E-state index < -0.39 is 0 Å². The smallest absolute Gasteiger partial charge is 0.189 e. The summed E-state index contributed by atoms with van der Waals surface area (Å²) in [6.07, 6.45) is 2.12. The molecule has 1 unspecified atom stereocenters. The molecule has 0 saturated carbocycles. The van der Waals surface area contributed by atoms with Gasteiger partial charge in [0.15, 0.2) is 5.43 Å². The summed E-state index contributed by atoms with van der Waals surface area (Å²) >= 11 is 0. The first kappa shape index (κ1) is 8.24. The third kappa shape index (κ3) is 1.42. The van der Waals surface area contributed by atoms with Crippen molar-refractivity contribution in [1.29, 1.82) is 0 Å². The van der Waals surface area contributed by atoms with Gasteiger partial charge in [-0.05, 0) is 18.1 Å². The van der Waals surface area contributed by atoms with E-state index >= 15 is 0 Å². The molecule has 1 nitrogen and oxygen atoms in total. The highest BCUT2D eigenvalue weighted by molar-refractivity contribution is 5.79. The maximum Gasteiger partial charge on any atom is 0.189 e. The summed E-state index contributed by atoms with van der Waals surface area (Å²) in [5.41, 5.74) is 3.06. The molecule has 1 aliphatic carbocycles. The van der Waals surface area contributed by atoms with Gasteiger partial charge in [0.25, 0.3) is 0 Å². The van der Waals surface area contributed by atoms with Crippen molar-refractivity contribution in [3.63, 3.8) is 0 Å². The summed E-state index contributed by atoms with van der Waals surface area (Å²) in [6, 6.07) is 7.60. The molecule has 1 aliphatic rings. The number of rotatable bonds is 1. The van der Waals surface area contributed by atoms with E-state index in [0.717, 1.165) is 11.1 Å². The average Bonchev–Trinajstić information content (AvgIpc) is 2.82. The molecule has 13 heavy (non-hydrogen) atoms. The van der Waals surface area contributed by atoms with Gasteiger partial charge in [-0.25, -0.2) is 0 Å². The van der Waals surface area contributed by atoms with Crippen molar-refractivity contribution in [2.45, 2.75) is 13.8 Å². The highest BCUT2D eigenvalue weighted by Crippen LogP contribution is 2.35. The van der Waals surface area contributed by atoms with Crippen molar-refractivity contribution < 1.29 is 0 Å². The maximum atomic E-state index is 11.8. The van der Waals surface area contributed by atoms with Gasteiger partial charge in [0.05, 0.1) is 0 Å². The van der Waals surface area contributed by atoms with Crippen molar-refractivity contribution in [3.8, 4) is 0 Å². The van der Waals surface area contributed by atoms with Crippen LogP contribution in [0, 0.1) is 12.8 Å². The Hall–Kier alpha value is -1.37. The van der Waals surface area contributed by atoms with Gasteiger partial charge >= 0.3 is 0 Å². The molecule has 0 saturated heterocycles. The van der Waals surface area contributed by atoms with Crippen LogP contribution in [0.25, 0.3) is 5.57 Å². The second-order valence-electron chi connectivity index (χ2n) is 3.55. The lowest BCUT2D eigenvalue weighted by molar-refractivity contribution is 1.10. The third-order valence-electron chi connectivity index (χ3n) is 2.45. The standard InChI is InChI=1S/C12H12O/c1-8-5-3-4-6-10(12(8)13)11-7-9(11)2/h3-7,9H,1-2H3. The van der Waals surface area contributed by atoms with Crippen LogP contribution in [0.1, 0.15) is 18.1 Å². The largest absolute Gasteiger partial charge is 0.289 e. The van der Waals surface area contributed by atoms with Crippen LogP contribution in [0.2, 0.25) is 0 Å². The van der Waals surface area contributed by atoms with Crippen molar-refractivity contribution in [1.82, 2.24) is 0 Å². The summed E-state index contributed by atoms with van der Waals surface area (Å²) in [5, 5.41) is 0. The van der Waals surface area contributed by atoms with Crippen LogP contribution in [-0.2, 0) is 0 Å². The molecule has 1 aromatic rings. The Morgan fingerprint density at radius 1 is 1.23 bits per heavy atom. The lowest BCUT2D eigenvalue weighted by Gasteiger charge is -1.90. The van der Waals surface area contributed by atoms with Gasteiger partial charge in [0.1, 0.15) is 0 Å². The molecule has 1 heteroatoms. The van der Waals surface area contributed by atoms with Crippen LogP contribution in [-0.4, -0.2) is 0 Å². The first-order chi connectivity index (χ1) is 6.20. The predicted molar refractivity (Wildman–Crippen MR) is 54.6 cm³/mol. The fourth-order valence-corrected chi connectivity index (χ4v) is 1.50. The molecule has 66 valence electrons. The first-order valence-electron chi connectivity index (χ1n) is 4.52. The van der Waals surface area contributed by atoms with Gasteiger partial charge in [0, 0.05) is 11.5 Å². The van der Waals surface area contributed by atoms with Crippen LogP contribution in [0.4, 0.5) is 0 Å². The predicted octanol–water partition coefficient (Wildman–Crippen LogP) is 2.39. The van der Waals surface area contributed by atoms with E-state index in [2.05, 4.69) is 13.0 Å². The minimum atomic E-state index is 0.167. The zero-order valence-electron chi connectivity index (χ0n) is 7.87. The van der Waals surface area contributed by atoms with Gasteiger partial charge in [0.2, 0.25) is 0 Å². The lowest BCUT2D eigenvalue weighted by Crippen LogP contribution is -2.05. The normalized spacial score (nSPS) is 19.5. The molecule has 0 aromatic heterocycles. The quantitative estimate of drug-likeness (QED) is 0.635. The Kier molecular flexibility index (Phi) is 1.80. The fourth-order valence-electron chi connectivity index (χ4n) is 1.50. The molecule has 0 N–H and O–H groups in total. The van der Waals surface area contributed by atoms with Crippen LogP contribution >= 0.6 is 0 Å². The highest BCUT2D eigenvalue weighted by Gasteiger charge is 2.22. The Morgan fingerprint density at radius 2 is 1.85 bits per heavy atom. The highest BCUT2D eigenvalue weighted by atomic mass is 16.1. The molecule has 0 fully saturated rings. The molecular weight excluding hydrogens is 160 g/mol. The second kappa shape index (κ2) is 2.84. The van der Waals surface area contributed by atoms with E-state index in [1.54, 1.807) is 0 Å². The van der Waals surface area contributed by atoms with Gasteiger partial charge in [-0.15, -0.1) is 0 Å². The summed E-state index contributed by atoms with van der Waals surface area (Å²) in [5.74, 6) is 0.495. The van der Waals surface area contributed by atoms with Gasteiger partial charge < -0.3 is 0 Å². The molecule has 0 bridgehead atoms. The van der Waals surface area contributed by atoms with Gasteiger partial charge in [-0.1, -0.05) is 37.3 Å². The van der Waals surface area contributed by atoms with Crippen LogP contribution in [0.3, 0.4) is 0 Å². The van der Waals surface area contributed by atoms with E-state index in [4.69, 9.17) is 0 Å². The molecule has 2 rings (SSSR count). The Balaban J connectivity index is 2.60. The zero-order chi connectivity index (χ0) is 9.42. The Bertz CT molecular complexity index is 429. The fraction of sp³-hybridized carbons (Fsp3) is 0.250. The summed E-state index contributed by atoms with van der Waals surface area (Å²) in [6.45, 7) is 3.97. The summed E-state index contributed by atoms with van der Waals surface area (Å²) < 4.78 is 0. The van der Waals surface area contributed by atoms with E-state index in [1.807, 2.05) is 31.2 Å². The summed E-state index contributed by atoms with van der Waals surface area (Å²) in [4.78, 5) is 11.8. The van der Waals surface area contributed by atoms with E-state index in [9.17, 15) is 4.79 Å². The van der Waals surface area contributed by atoms with Crippen molar-refractivity contribution >= 4 is 5.57 Å². The van der Waals surface area contributed by atoms with E-state index in [0.29, 0.717) is 5.92 Å². The monoisotopic (exact) mass is 172 g/mol. The molecule has 0 amide bonds. The van der Waals surface area contributed by atoms with E-state index in [1.165, 1.54) is 5.57 Å². The van der Waals surface area contributed by atoms with Gasteiger partial charge in [-0.2, -0.15) is 0 Å². The number of aryl methyl sites for hydroxylation is 1. The van der Waals surface area contributed by atoms with E-state index in [-0.39, 0.29) is 5.43 Å². The van der Waals surface area contributed by atoms with Crippen molar-refractivity contribution in [2.75, 3.05) is 0 Å². The molecule has 1 aromatic carbocycles. The topological polar surface area (TPSA) is 17.1 Å². The molecule has 0 aliphatic heterocycles. The molecular formula is C12H12O. The lowest BCUT2D eigenvalue weighted by atomic mass is 10.1. The van der Waals surface area contributed by atoms with Crippen molar-refractivity contribution in [2.24, 2.45) is 5.92 Å². The zero-order valence-corrected chi connectivity index (χ0v) is 7.87. The molecule has 0 radical (unpaired) electrons. The molecule has 1 atom stereocenters. The van der Waals surface area contributed by atoms with Gasteiger partial charge in [-0.3, -0.25) is 4.79 Å². The number of hydrogen-bond acceptors (Lipinski definition) is 1. The van der Waals surface area contributed by atoms with Crippen LogP contribution in [0.15, 0.2) is 35.1 Å². The number of hydrogen-bond donors (Lipinski definition) is 0. The Labute approximate surface area is 77.7 Å². The Morgan fingerprint density at radius 3 is 2.46 bits per heavy atom. The van der Waals surface area contributed by atoms with Crippen molar-refractivity contribution in [3.05, 3.63) is 51.7 Å². The average molecular weight is 172 g/mol. The second-order valence-corrected chi connectivity index (χ2v) is 3.55. The van der Waals surface area contributed by atoms with Crippen LogP contribution < -0.4 is 5.43 Å². The maximum absolute atomic E-state index is 11.8. The SMILES string of the molecule is Cc1ccccc(C2=CC2C)c1=O. The summed E-state index contributed by atoms with van der Waals surface area (Å²) in [7, 11) is 0. The molecule has 0 spiro atoms. The first-order valence-corrected chi connectivity index (χ1v) is 4.52. The minimum Gasteiger partial charge on any atom is -0.289 e. The third-order valence-corrected chi connectivity index (χ3v) is 2.45.